The smallest absolute Gasteiger partial charge is 0.434 e. The van der Waals surface area contributed by atoms with E-state index in [2.05, 4.69) is 20.3 Å². The third-order valence-corrected chi connectivity index (χ3v) is 5.46. The maximum absolute atomic E-state index is 13.5. The van der Waals surface area contributed by atoms with Crippen LogP contribution in [0.25, 0.3) is 0 Å². The van der Waals surface area contributed by atoms with Gasteiger partial charge in [0.2, 0.25) is 0 Å². The van der Waals surface area contributed by atoms with Gasteiger partial charge in [-0.25, -0.2) is 9.37 Å². The number of benzene rings is 1. The number of aryl methyl sites for hydroxylation is 1. The van der Waals surface area contributed by atoms with Gasteiger partial charge < -0.3 is 19.3 Å². The molecule has 0 bridgehead atoms. The highest BCUT2D eigenvalue weighted by Crippen LogP contribution is 2.34. The summed E-state index contributed by atoms with van der Waals surface area (Å²) in [6.07, 6.45) is -4.60. The number of alkyl halides is 3. The maximum atomic E-state index is 13.5. The molecule has 0 aliphatic heterocycles. The van der Waals surface area contributed by atoms with E-state index in [0.717, 1.165) is 22.8 Å². The topological polar surface area (TPSA) is 94.5 Å². The van der Waals surface area contributed by atoms with Crippen LogP contribution in [0.4, 0.5) is 22.7 Å². The summed E-state index contributed by atoms with van der Waals surface area (Å²) in [7, 11) is -2.12. The van der Waals surface area contributed by atoms with Gasteiger partial charge in [0.05, 0.1) is 5.02 Å². The summed E-state index contributed by atoms with van der Waals surface area (Å²) in [6, 6.07) is 2.88. The molecule has 3 rings (SSSR count). The van der Waals surface area contributed by atoms with Crippen LogP contribution in [0, 0.1) is 17.5 Å². The number of hydrogen-bond donors (Lipinski definition) is 3. The number of halogens is 5. The zero-order valence-electron chi connectivity index (χ0n) is 13.9. The van der Waals surface area contributed by atoms with Crippen LogP contribution in [0.15, 0.2) is 28.6 Å². The lowest BCUT2D eigenvalue weighted by molar-refractivity contribution is -0.140. The molecule has 0 fully saturated rings. The number of rotatable bonds is 5. The Morgan fingerprint density at radius 3 is 2.61 bits per heavy atom. The molecule has 2 aromatic heterocycles. The Balaban J connectivity index is 2.05. The summed E-state index contributed by atoms with van der Waals surface area (Å²) in [5.41, 5.74) is -0.316. The molecule has 28 heavy (non-hydrogen) atoms. The predicted molar refractivity (Wildman–Crippen MR) is 96.4 cm³/mol. The van der Waals surface area contributed by atoms with E-state index in [1.165, 1.54) is 12.1 Å². The van der Waals surface area contributed by atoms with E-state index in [4.69, 9.17) is 16.4 Å². The first-order valence-electron chi connectivity index (χ1n) is 7.50. The van der Waals surface area contributed by atoms with Crippen LogP contribution in [-0.2, 0) is 21.0 Å². The fourth-order valence-electron chi connectivity index (χ4n) is 2.38. The molecular formula is C15H11ClF4N5OS2-. The number of nitrogens with one attached hydrogen (secondary N) is 3. The average Bonchev–Trinajstić information content (AvgIpc) is 3.21. The van der Waals surface area contributed by atoms with Crippen molar-refractivity contribution >= 4 is 38.7 Å². The highest BCUT2D eigenvalue weighted by molar-refractivity contribution is 7.73. The molecule has 150 valence electrons. The van der Waals surface area contributed by atoms with Crippen molar-refractivity contribution in [3.63, 3.8) is 0 Å². The van der Waals surface area contributed by atoms with Crippen LogP contribution < -0.4 is 5.32 Å². The number of aromatic nitrogens is 3. The van der Waals surface area contributed by atoms with Gasteiger partial charge in [0.15, 0.2) is 10.8 Å². The molecule has 6 nitrogen and oxygen atoms in total. The largest absolute Gasteiger partial charge is 0.439 e. The molecule has 2 heterocycles. The number of hydrogen-bond acceptors (Lipinski definition) is 7. The van der Waals surface area contributed by atoms with E-state index in [1.54, 1.807) is 6.92 Å². The van der Waals surface area contributed by atoms with Gasteiger partial charge in [0, 0.05) is 16.1 Å². The van der Waals surface area contributed by atoms with E-state index >= 15 is 0 Å². The first-order valence-corrected chi connectivity index (χ1v) is 9.90. The van der Waals surface area contributed by atoms with Gasteiger partial charge in [-0.3, -0.25) is 4.98 Å². The van der Waals surface area contributed by atoms with Crippen molar-refractivity contribution in [1.29, 1.82) is 4.78 Å². The second-order valence-corrected chi connectivity index (χ2v) is 7.80. The van der Waals surface area contributed by atoms with Crippen molar-refractivity contribution in [2.24, 2.45) is 0 Å². The Kier molecular flexibility index (Phi) is 5.64. The van der Waals surface area contributed by atoms with Crippen molar-refractivity contribution < 1.29 is 21.8 Å². The number of nitrogens with zero attached hydrogens (tertiary/aromatic N) is 2. The predicted octanol–water partition coefficient (Wildman–Crippen LogP) is 5.27. The fourth-order valence-corrected chi connectivity index (χ4v) is 3.83. The maximum Gasteiger partial charge on any atom is 0.434 e. The summed E-state index contributed by atoms with van der Waals surface area (Å²) in [4.78, 5) is 10.5. The monoisotopic (exact) mass is 452 g/mol. The van der Waals surface area contributed by atoms with Crippen molar-refractivity contribution in [2.75, 3.05) is 5.32 Å². The Hall–Kier alpha value is -2.18. The van der Waals surface area contributed by atoms with Gasteiger partial charge in [-0.05, 0) is 24.6 Å². The zero-order chi connectivity index (χ0) is 20.6. The fraction of sp³-hybridized carbons (Fsp3) is 0.200. The van der Waals surface area contributed by atoms with E-state index in [-0.39, 0.29) is 21.0 Å². The Morgan fingerprint density at radius 1 is 1.36 bits per heavy atom. The van der Waals surface area contributed by atoms with Crippen LogP contribution >= 0.6 is 22.9 Å². The number of anilines is 1. The lowest BCUT2D eigenvalue weighted by Crippen LogP contribution is -2.15. The molecule has 3 N–H and O–H groups in total. The summed E-state index contributed by atoms with van der Waals surface area (Å²) < 4.78 is 70.8. The number of thiazole rings is 1. The Bertz CT molecular complexity index is 1080. The molecule has 3 aromatic rings. The van der Waals surface area contributed by atoms with Gasteiger partial charge in [0.25, 0.3) is 0 Å². The lowest BCUT2D eigenvalue weighted by atomic mass is 10.1. The molecule has 0 saturated heterocycles. The van der Waals surface area contributed by atoms with Gasteiger partial charge in [-0.1, -0.05) is 17.7 Å². The van der Waals surface area contributed by atoms with Gasteiger partial charge >= 0.3 is 6.18 Å². The standard InChI is InChI=1S/C15H11ClF4N5OS2/c1-6-13(28(21)26)25-12(22-6)11(7-2-3-9(17)8(16)4-7)24-14-23-10(5-27-14)15(18,19)20/h2-5,11,21H,1H3,(H,22,25)(H,23,24)/q-1. The second-order valence-electron chi connectivity index (χ2n) is 5.61. The molecule has 1 aromatic carbocycles. The molecule has 0 radical (unpaired) electrons. The first kappa shape index (κ1) is 20.6. The van der Waals surface area contributed by atoms with E-state index in [0.29, 0.717) is 11.3 Å². The molecule has 1 unspecified atom stereocenters. The van der Waals surface area contributed by atoms with Crippen molar-refractivity contribution in [2.45, 2.75) is 24.2 Å². The SMILES string of the molecule is Cc1[nH]c(C(Nc2nc(C(F)(F)F)cs2)c2ccc(F)c(Cl)c2)nc1[S-](=N)=O. The zero-order valence-corrected chi connectivity index (χ0v) is 16.3. The second kappa shape index (κ2) is 7.68. The molecule has 0 saturated carbocycles. The minimum absolute atomic E-state index is 0.0230. The van der Waals surface area contributed by atoms with Crippen LogP contribution in [0.5, 0.6) is 0 Å². The minimum atomic E-state index is -4.60. The number of aromatic amines is 1. The Labute approximate surface area is 167 Å². The summed E-state index contributed by atoms with van der Waals surface area (Å²) >= 11 is 6.56. The molecule has 0 aliphatic carbocycles. The number of H-pyrrole nitrogens is 1. The van der Waals surface area contributed by atoms with Gasteiger partial charge in [-0.15, -0.1) is 21.9 Å². The average molecular weight is 453 g/mol. The Morgan fingerprint density at radius 2 is 2.07 bits per heavy atom. The molecule has 13 heteroatoms. The lowest BCUT2D eigenvalue weighted by Gasteiger charge is -2.17. The van der Waals surface area contributed by atoms with Crippen molar-refractivity contribution in [3.05, 3.63) is 57.2 Å². The van der Waals surface area contributed by atoms with Crippen molar-refractivity contribution in [1.82, 2.24) is 15.0 Å². The molecule has 1 atom stereocenters. The van der Waals surface area contributed by atoms with E-state index in [9.17, 15) is 21.8 Å². The van der Waals surface area contributed by atoms with Crippen LogP contribution in [0.3, 0.4) is 0 Å². The van der Waals surface area contributed by atoms with E-state index < -0.39 is 34.3 Å². The molecule has 0 spiro atoms. The summed E-state index contributed by atoms with van der Waals surface area (Å²) in [5, 5.41) is 3.39. The minimum Gasteiger partial charge on any atom is -0.439 e. The first-order chi connectivity index (χ1) is 13.1. The number of imidazole rings is 1. The molecule has 0 amide bonds. The van der Waals surface area contributed by atoms with E-state index in [1.807, 2.05) is 0 Å². The normalized spacial score (nSPS) is 13.1. The van der Waals surface area contributed by atoms with Crippen LogP contribution in [-0.4, -0.2) is 15.0 Å². The molecular weight excluding hydrogens is 442 g/mol. The quantitative estimate of drug-likeness (QED) is 0.363. The highest BCUT2D eigenvalue weighted by Gasteiger charge is 2.34. The summed E-state index contributed by atoms with van der Waals surface area (Å²) in [6.45, 7) is 1.55. The van der Waals surface area contributed by atoms with Gasteiger partial charge in [0.1, 0.15) is 17.7 Å². The van der Waals surface area contributed by atoms with Crippen LogP contribution in [0.1, 0.15) is 28.8 Å². The third kappa shape index (κ3) is 4.28. The summed E-state index contributed by atoms with van der Waals surface area (Å²) in [5.74, 6) is -0.499. The van der Waals surface area contributed by atoms with Crippen molar-refractivity contribution in [3.8, 4) is 0 Å². The van der Waals surface area contributed by atoms with Crippen LogP contribution in [0.2, 0.25) is 5.02 Å². The third-order valence-electron chi connectivity index (χ3n) is 3.65. The highest BCUT2D eigenvalue weighted by atomic mass is 35.5. The van der Waals surface area contributed by atoms with Gasteiger partial charge in [-0.2, -0.15) is 13.2 Å². The molecule has 0 aliphatic rings.